The number of carbonyl (C=O) groups excluding carboxylic acids is 1. The van der Waals surface area contributed by atoms with Crippen molar-refractivity contribution in [1.82, 2.24) is 10.3 Å². The van der Waals surface area contributed by atoms with Gasteiger partial charge in [-0.05, 0) is 62.2 Å². The summed E-state index contributed by atoms with van der Waals surface area (Å²) in [4.78, 5) is 17.2. The number of hydrogen-bond donors (Lipinski definition) is 1. The van der Waals surface area contributed by atoms with Gasteiger partial charge in [0.15, 0.2) is 11.5 Å². The minimum Gasteiger partial charge on any atom is -0.493 e. The third kappa shape index (κ3) is 3.76. The molecule has 1 heterocycles. The highest BCUT2D eigenvalue weighted by Gasteiger charge is 2.18. The molecule has 0 aliphatic carbocycles. The zero-order valence-electron chi connectivity index (χ0n) is 16.6. The Morgan fingerprint density at radius 2 is 1.75 bits per heavy atom. The second kappa shape index (κ2) is 7.84. The van der Waals surface area contributed by atoms with Gasteiger partial charge in [-0.2, -0.15) is 0 Å². The first-order valence-corrected chi connectivity index (χ1v) is 8.94. The molecule has 146 valence electrons. The van der Waals surface area contributed by atoms with Crippen molar-refractivity contribution in [2.75, 3.05) is 14.2 Å². The molecule has 0 saturated carbocycles. The van der Waals surface area contributed by atoms with Crippen LogP contribution in [0.5, 0.6) is 11.5 Å². The van der Waals surface area contributed by atoms with E-state index < -0.39 is 0 Å². The van der Waals surface area contributed by atoms with E-state index in [-0.39, 0.29) is 17.8 Å². The molecule has 3 aromatic rings. The van der Waals surface area contributed by atoms with Gasteiger partial charge in [-0.25, -0.2) is 4.39 Å². The van der Waals surface area contributed by atoms with Gasteiger partial charge in [0, 0.05) is 11.5 Å². The SMILES string of the molecule is COc1cc(C)c(C(C)NC(=O)c2cc3ccc(F)cc3nc2C)cc1OC. The van der Waals surface area contributed by atoms with Crippen molar-refractivity contribution >= 4 is 16.8 Å². The predicted molar refractivity (Wildman–Crippen MR) is 107 cm³/mol. The standard InChI is InChI=1S/C22H23FN2O3/c1-12-8-20(27-4)21(28-5)11-17(12)13(2)25-22(26)18-9-15-6-7-16(23)10-19(15)24-14(18)3/h6-11,13H,1-5H3,(H,25,26). The number of pyridine rings is 1. The molecule has 1 aromatic heterocycles. The van der Waals surface area contributed by atoms with Crippen molar-refractivity contribution in [3.8, 4) is 11.5 Å². The number of ether oxygens (including phenoxy) is 2. The molecular formula is C22H23FN2O3. The van der Waals surface area contributed by atoms with E-state index in [2.05, 4.69) is 10.3 Å². The van der Waals surface area contributed by atoms with E-state index in [1.807, 2.05) is 26.0 Å². The molecular weight excluding hydrogens is 359 g/mol. The third-order valence-corrected chi connectivity index (χ3v) is 4.80. The quantitative estimate of drug-likeness (QED) is 0.706. The number of hydrogen-bond acceptors (Lipinski definition) is 4. The maximum absolute atomic E-state index is 13.4. The number of nitrogens with one attached hydrogen (secondary N) is 1. The van der Waals surface area contributed by atoms with Crippen molar-refractivity contribution in [3.63, 3.8) is 0 Å². The summed E-state index contributed by atoms with van der Waals surface area (Å²) in [5.74, 6) is 0.658. The molecule has 0 radical (unpaired) electrons. The number of amides is 1. The lowest BCUT2D eigenvalue weighted by Gasteiger charge is -2.19. The van der Waals surface area contributed by atoms with Gasteiger partial charge < -0.3 is 14.8 Å². The largest absolute Gasteiger partial charge is 0.493 e. The maximum atomic E-state index is 13.4. The first-order valence-electron chi connectivity index (χ1n) is 8.94. The average molecular weight is 382 g/mol. The van der Waals surface area contributed by atoms with Crippen LogP contribution in [0.25, 0.3) is 10.9 Å². The van der Waals surface area contributed by atoms with Crippen LogP contribution in [0.15, 0.2) is 36.4 Å². The summed E-state index contributed by atoms with van der Waals surface area (Å²) in [6.45, 7) is 5.61. The molecule has 0 aliphatic heterocycles. The van der Waals surface area contributed by atoms with Crippen LogP contribution in [0.3, 0.4) is 0 Å². The van der Waals surface area contributed by atoms with Crippen LogP contribution in [0, 0.1) is 19.7 Å². The predicted octanol–water partition coefficient (Wildman–Crippen LogP) is 4.50. The molecule has 1 amide bonds. The lowest BCUT2D eigenvalue weighted by atomic mass is 10.0. The van der Waals surface area contributed by atoms with Gasteiger partial charge in [-0.15, -0.1) is 0 Å². The Balaban J connectivity index is 1.90. The lowest BCUT2D eigenvalue weighted by Crippen LogP contribution is -2.28. The number of carbonyl (C=O) groups is 1. The Kier molecular flexibility index (Phi) is 5.49. The smallest absolute Gasteiger partial charge is 0.253 e. The number of aryl methyl sites for hydroxylation is 2. The molecule has 1 atom stereocenters. The van der Waals surface area contributed by atoms with E-state index in [4.69, 9.17) is 9.47 Å². The number of rotatable bonds is 5. The summed E-state index contributed by atoms with van der Waals surface area (Å²) in [6.07, 6.45) is 0. The van der Waals surface area contributed by atoms with E-state index in [1.54, 1.807) is 33.3 Å². The number of nitrogens with zero attached hydrogens (tertiary/aromatic N) is 1. The van der Waals surface area contributed by atoms with Crippen molar-refractivity contribution in [1.29, 1.82) is 0 Å². The molecule has 1 N–H and O–H groups in total. The molecule has 0 fully saturated rings. The number of aromatic nitrogens is 1. The summed E-state index contributed by atoms with van der Waals surface area (Å²) >= 11 is 0. The normalized spacial score (nSPS) is 11.9. The van der Waals surface area contributed by atoms with Crippen molar-refractivity contribution in [2.45, 2.75) is 26.8 Å². The van der Waals surface area contributed by atoms with Gasteiger partial charge >= 0.3 is 0 Å². The van der Waals surface area contributed by atoms with E-state index in [0.717, 1.165) is 11.1 Å². The number of methoxy groups -OCH3 is 2. The highest BCUT2D eigenvalue weighted by atomic mass is 19.1. The van der Waals surface area contributed by atoms with Crippen molar-refractivity contribution < 1.29 is 18.7 Å². The first kappa shape index (κ1) is 19.6. The van der Waals surface area contributed by atoms with Crippen LogP contribution < -0.4 is 14.8 Å². The van der Waals surface area contributed by atoms with Crippen LogP contribution in [-0.4, -0.2) is 25.1 Å². The third-order valence-electron chi connectivity index (χ3n) is 4.80. The summed E-state index contributed by atoms with van der Waals surface area (Å²) in [7, 11) is 3.16. The van der Waals surface area contributed by atoms with Crippen LogP contribution in [0.1, 0.15) is 40.1 Å². The number of halogens is 1. The Morgan fingerprint density at radius 1 is 1.07 bits per heavy atom. The summed E-state index contributed by atoms with van der Waals surface area (Å²) in [6, 6.07) is 9.57. The van der Waals surface area contributed by atoms with Gasteiger partial charge in [0.05, 0.1) is 37.0 Å². The Hall–Kier alpha value is -3.15. The van der Waals surface area contributed by atoms with E-state index >= 15 is 0 Å². The molecule has 0 saturated heterocycles. The molecule has 0 aliphatic rings. The van der Waals surface area contributed by atoms with E-state index in [9.17, 15) is 9.18 Å². The highest BCUT2D eigenvalue weighted by molar-refractivity contribution is 5.98. The molecule has 0 bridgehead atoms. The van der Waals surface area contributed by atoms with E-state index in [0.29, 0.717) is 33.7 Å². The maximum Gasteiger partial charge on any atom is 0.253 e. The van der Waals surface area contributed by atoms with Gasteiger partial charge in [0.2, 0.25) is 0 Å². The molecule has 28 heavy (non-hydrogen) atoms. The lowest BCUT2D eigenvalue weighted by molar-refractivity contribution is 0.0939. The fourth-order valence-corrected chi connectivity index (χ4v) is 3.28. The number of fused-ring (bicyclic) bond motifs is 1. The van der Waals surface area contributed by atoms with Gasteiger partial charge in [0.25, 0.3) is 5.91 Å². The minimum absolute atomic E-state index is 0.238. The number of benzene rings is 2. The summed E-state index contributed by atoms with van der Waals surface area (Å²) in [5.41, 5.74) is 3.45. The van der Waals surface area contributed by atoms with Crippen LogP contribution in [0.4, 0.5) is 4.39 Å². The summed E-state index contributed by atoms with van der Waals surface area (Å²) in [5, 5.41) is 3.72. The molecule has 5 nitrogen and oxygen atoms in total. The Bertz CT molecular complexity index is 1050. The van der Waals surface area contributed by atoms with Crippen LogP contribution >= 0.6 is 0 Å². The van der Waals surface area contributed by atoms with Crippen molar-refractivity contribution in [2.24, 2.45) is 0 Å². The topological polar surface area (TPSA) is 60.5 Å². The van der Waals surface area contributed by atoms with Crippen LogP contribution in [-0.2, 0) is 0 Å². The van der Waals surface area contributed by atoms with E-state index in [1.165, 1.54) is 12.1 Å². The Morgan fingerprint density at radius 3 is 2.43 bits per heavy atom. The van der Waals surface area contributed by atoms with Gasteiger partial charge in [-0.3, -0.25) is 9.78 Å². The highest BCUT2D eigenvalue weighted by Crippen LogP contribution is 2.33. The Labute approximate surface area is 163 Å². The second-order valence-corrected chi connectivity index (χ2v) is 6.72. The fourth-order valence-electron chi connectivity index (χ4n) is 3.28. The molecule has 1 unspecified atom stereocenters. The average Bonchev–Trinajstić information content (AvgIpc) is 2.66. The van der Waals surface area contributed by atoms with Crippen molar-refractivity contribution in [3.05, 3.63) is 64.6 Å². The minimum atomic E-state index is -0.353. The van der Waals surface area contributed by atoms with Gasteiger partial charge in [0.1, 0.15) is 5.82 Å². The molecule has 6 heteroatoms. The van der Waals surface area contributed by atoms with Crippen LogP contribution in [0.2, 0.25) is 0 Å². The summed E-state index contributed by atoms with van der Waals surface area (Å²) < 4.78 is 24.1. The second-order valence-electron chi connectivity index (χ2n) is 6.72. The zero-order valence-corrected chi connectivity index (χ0v) is 16.6. The monoisotopic (exact) mass is 382 g/mol. The molecule has 2 aromatic carbocycles. The van der Waals surface area contributed by atoms with Gasteiger partial charge in [-0.1, -0.05) is 0 Å². The zero-order chi connectivity index (χ0) is 20.4. The molecule has 3 rings (SSSR count). The molecule has 0 spiro atoms. The first-order chi connectivity index (χ1) is 13.3. The fraction of sp³-hybridized carbons (Fsp3) is 0.273.